The minimum absolute atomic E-state index is 0.0572. The molecular formula is C21H26N4O3. The molecule has 2 fully saturated rings. The quantitative estimate of drug-likeness (QED) is 0.782. The van der Waals surface area contributed by atoms with Crippen LogP contribution in [0.25, 0.3) is 0 Å². The lowest BCUT2D eigenvalue weighted by atomic mass is 9.73. The topological polar surface area (TPSA) is 102 Å². The molecular weight excluding hydrogens is 356 g/mol. The fourth-order valence-corrected chi connectivity index (χ4v) is 4.02. The normalized spacial score (nSPS) is 24.8. The molecule has 2 atom stereocenters. The summed E-state index contributed by atoms with van der Waals surface area (Å²) in [5.41, 5.74) is -0.0843. The van der Waals surface area contributed by atoms with Crippen LogP contribution in [0.3, 0.4) is 0 Å². The van der Waals surface area contributed by atoms with Crippen LogP contribution in [0.4, 0.5) is 10.5 Å². The van der Waals surface area contributed by atoms with Gasteiger partial charge >= 0.3 is 6.03 Å². The van der Waals surface area contributed by atoms with Crippen LogP contribution in [0.1, 0.15) is 52.0 Å². The van der Waals surface area contributed by atoms with Crippen molar-refractivity contribution in [2.24, 2.45) is 5.92 Å². The van der Waals surface area contributed by atoms with Crippen molar-refractivity contribution in [1.29, 1.82) is 5.26 Å². The maximum Gasteiger partial charge on any atom is 0.325 e. The molecule has 4 amide bonds. The van der Waals surface area contributed by atoms with Gasteiger partial charge in [0.1, 0.15) is 12.1 Å². The zero-order valence-electron chi connectivity index (χ0n) is 16.5. The summed E-state index contributed by atoms with van der Waals surface area (Å²) in [5.74, 6) is -0.677. The van der Waals surface area contributed by atoms with Crippen LogP contribution < -0.4 is 10.6 Å². The maximum absolute atomic E-state index is 12.9. The molecule has 1 heterocycles. The number of amides is 4. The third-order valence-electron chi connectivity index (χ3n) is 5.97. The van der Waals surface area contributed by atoms with Crippen molar-refractivity contribution in [3.8, 4) is 6.07 Å². The first kappa shape index (κ1) is 19.9. The van der Waals surface area contributed by atoms with Crippen molar-refractivity contribution < 1.29 is 14.4 Å². The molecule has 2 aliphatic rings. The number of hydrogen-bond acceptors (Lipinski definition) is 4. The smallest absolute Gasteiger partial charge is 0.325 e. The second kappa shape index (κ2) is 7.27. The minimum Gasteiger partial charge on any atom is -0.325 e. The summed E-state index contributed by atoms with van der Waals surface area (Å²) in [6.45, 7) is 5.30. The average molecular weight is 382 g/mol. The Morgan fingerprint density at radius 3 is 2.61 bits per heavy atom. The van der Waals surface area contributed by atoms with Crippen molar-refractivity contribution >= 4 is 23.5 Å². The second-order valence-electron chi connectivity index (χ2n) is 8.30. The number of imide groups is 1. The van der Waals surface area contributed by atoms with E-state index in [4.69, 9.17) is 0 Å². The summed E-state index contributed by atoms with van der Waals surface area (Å²) >= 11 is 0. The number of nitriles is 1. The van der Waals surface area contributed by atoms with Crippen LogP contribution in [0.5, 0.6) is 0 Å². The molecule has 1 aromatic carbocycles. The fraction of sp³-hybridized carbons (Fsp3) is 0.524. The van der Waals surface area contributed by atoms with Crippen LogP contribution in [-0.2, 0) is 15.0 Å². The van der Waals surface area contributed by atoms with E-state index < -0.39 is 22.9 Å². The Morgan fingerprint density at radius 1 is 1.32 bits per heavy atom. The Balaban J connectivity index is 1.66. The van der Waals surface area contributed by atoms with Crippen molar-refractivity contribution in [2.45, 2.75) is 57.4 Å². The first-order chi connectivity index (χ1) is 13.2. The highest BCUT2D eigenvalue weighted by Crippen LogP contribution is 2.38. The predicted octanol–water partition coefficient (Wildman–Crippen LogP) is 2.93. The van der Waals surface area contributed by atoms with Crippen LogP contribution in [0.2, 0.25) is 0 Å². The number of benzene rings is 1. The van der Waals surface area contributed by atoms with Gasteiger partial charge in [0.15, 0.2) is 0 Å². The molecule has 7 nitrogen and oxygen atoms in total. The molecule has 28 heavy (non-hydrogen) atoms. The van der Waals surface area contributed by atoms with Crippen LogP contribution in [0, 0.1) is 17.2 Å². The first-order valence-electron chi connectivity index (χ1n) is 9.65. The Bertz CT molecular complexity index is 840. The summed E-state index contributed by atoms with van der Waals surface area (Å²) in [6, 6.07) is 8.72. The maximum atomic E-state index is 12.9. The van der Waals surface area contributed by atoms with E-state index in [1.54, 1.807) is 24.3 Å². The number of carbonyl (C=O) groups excluding carboxylic acids is 3. The third-order valence-corrected chi connectivity index (χ3v) is 5.97. The Kier molecular flexibility index (Phi) is 5.16. The second-order valence-corrected chi connectivity index (χ2v) is 8.30. The van der Waals surface area contributed by atoms with Gasteiger partial charge in [0.25, 0.3) is 5.91 Å². The van der Waals surface area contributed by atoms with Crippen molar-refractivity contribution in [2.75, 3.05) is 11.9 Å². The Morgan fingerprint density at radius 2 is 2.00 bits per heavy atom. The van der Waals surface area contributed by atoms with Crippen molar-refractivity contribution in [3.63, 3.8) is 0 Å². The van der Waals surface area contributed by atoms with Crippen molar-refractivity contribution in [1.82, 2.24) is 10.2 Å². The highest BCUT2D eigenvalue weighted by molar-refractivity contribution is 6.10. The first-order valence-corrected chi connectivity index (χ1v) is 9.65. The van der Waals surface area contributed by atoms with Gasteiger partial charge in [-0.05, 0) is 50.3 Å². The Hall–Kier alpha value is -2.88. The predicted molar refractivity (Wildman–Crippen MR) is 104 cm³/mol. The molecule has 1 aromatic rings. The van der Waals surface area contributed by atoms with Gasteiger partial charge in [0.2, 0.25) is 5.91 Å². The number of carbonyl (C=O) groups is 3. The molecule has 1 saturated heterocycles. The third kappa shape index (κ3) is 3.47. The van der Waals surface area contributed by atoms with Gasteiger partial charge in [0.05, 0.1) is 11.5 Å². The summed E-state index contributed by atoms with van der Waals surface area (Å²) in [5, 5.41) is 14.8. The highest BCUT2D eigenvalue weighted by Gasteiger charge is 2.55. The average Bonchev–Trinajstić information content (AvgIpc) is 2.89. The summed E-state index contributed by atoms with van der Waals surface area (Å²) in [6.07, 6.45) is 3.44. The lowest BCUT2D eigenvalue weighted by Gasteiger charge is -2.36. The molecule has 1 saturated carbocycles. The van der Waals surface area contributed by atoms with Gasteiger partial charge in [0, 0.05) is 5.69 Å². The van der Waals surface area contributed by atoms with Gasteiger partial charge in [-0.2, -0.15) is 5.26 Å². The van der Waals surface area contributed by atoms with Gasteiger partial charge in [-0.3, -0.25) is 14.5 Å². The summed E-state index contributed by atoms with van der Waals surface area (Å²) in [4.78, 5) is 38.7. The molecule has 1 aliphatic heterocycles. The molecule has 2 N–H and O–H groups in total. The number of urea groups is 1. The van der Waals surface area contributed by atoms with Gasteiger partial charge in [-0.15, -0.1) is 0 Å². The molecule has 1 aliphatic carbocycles. The van der Waals surface area contributed by atoms with E-state index in [9.17, 15) is 19.6 Å². The van der Waals surface area contributed by atoms with E-state index in [2.05, 4.69) is 16.7 Å². The van der Waals surface area contributed by atoms with E-state index in [1.165, 1.54) is 0 Å². The standard InChI is InChI=1S/C21H26N4O3/c1-14-6-4-5-11-21(14)18(27)25(19(28)24-21)12-17(26)23-16-9-7-15(8-10-16)20(2,3)13-22/h7-10,14H,4-6,11-12H2,1-3H3,(H,23,26)(H,24,28). The largest absolute Gasteiger partial charge is 0.325 e. The molecule has 0 bridgehead atoms. The zero-order chi connectivity index (χ0) is 20.5. The van der Waals surface area contributed by atoms with E-state index in [0.717, 1.165) is 29.7 Å². The van der Waals surface area contributed by atoms with E-state index >= 15 is 0 Å². The fourth-order valence-electron chi connectivity index (χ4n) is 4.02. The Labute approximate surface area is 165 Å². The zero-order valence-corrected chi connectivity index (χ0v) is 16.5. The highest BCUT2D eigenvalue weighted by atomic mass is 16.2. The van der Waals surface area contributed by atoms with Crippen LogP contribution in [-0.4, -0.2) is 34.8 Å². The van der Waals surface area contributed by atoms with Gasteiger partial charge in [-0.1, -0.05) is 31.9 Å². The molecule has 1 spiro atoms. The molecule has 0 radical (unpaired) electrons. The van der Waals surface area contributed by atoms with E-state index in [1.807, 2.05) is 20.8 Å². The van der Waals surface area contributed by atoms with Crippen molar-refractivity contribution in [3.05, 3.63) is 29.8 Å². The number of hydrogen-bond donors (Lipinski definition) is 2. The minimum atomic E-state index is -0.861. The summed E-state index contributed by atoms with van der Waals surface area (Å²) in [7, 11) is 0. The van der Waals surface area contributed by atoms with E-state index in [0.29, 0.717) is 12.1 Å². The number of nitrogens with zero attached hydrogens (tertiary/aromatic N) is 2. The van der Waals surface area contributed by atoms with Gasteiger partial charge < -0.3 is 10.6 Å². The molecule has 3 rings (SSSR count). The van der Waals surface area contributed by atoms with Gasteiger partial charge in [-0.25, -0.2) is 4.79 Å². The molecule has 2 unspecified atom stereocenters. The summed E-state index contributed by atoms with van der Waals surface area (Å²) < 4.78 is 0. The monoisotopic (exact) mass is 382 g/mol. The molecule has 7 heteroatoms. The molecule has 0 aromatic heterocycles. The number of nitrogens with one attached hydrogen (secondary N) is 2. The van der Waals surface area contributed by atoms with Crippen LogP contribution in [0.15, 0.2) is 24.3 Å². The molecule has 148 valence electrons. The number of anilines is 1. The number of rotatable bonds is 4. The van der Waals surface area contributed by atoms with E-state index in [-0.39, 0.29) is 18.4 Å². The lowest BCUT2D eigenvalue weighted by Crippen LogP contribution is -2.54. The lowest BCUT2D eigenvalue weighted by molar-refractivity contribution is -0.136. The van der Waals surface area contributed by atoms with Crippen LogP contribution >= 0.6 is 0 Å². The SMILES string of the molecule is CC1CCCCC12NC(=O)N(CC(=O)Nc1ccc(C(C)(C)C#N)cc1)C2=O.